The number of benzene rings is 1. The van der Waals surface area contributed by atoms with Gasteiger partial charge in [-0.2, -0.15) is 0 Å². The van der Waals surface area contributed by atoms with Crippen LogP contribution >= 0.6 is 11.3 Å². The normalized spacial score (nSPS) is 11.0. The summed E-state index contributed by atoms with van der Waals surface area (Å²) in [5, 5.41) is 1.83. The second-order valence-electron chi connectivity index (χ2n) is 4.88. The van der Waals surface area contributed by atoms with Gasteiger partial charge in [0.05, 0.1) is 5.69 Å². The van der Waals surface area contributed by atoms with Gasteiger partial charge >= 0.3 is 0 Å². The fourth-order valence-corrected chi connectivity index (χ4v) is 3.22. The molecule has 0 N–H and O–H groups in total. The number of halogens is 1. The smallest absolute Gasteiger partial charge is 0.271 e. The standard InChI is InChI=1S/C16H16FN3OS/c1-3-19(4-2)15(21)14-10-22-16-18-13(9-20(14)16)11-5-7-12(17)8-6-11/h5-10H,3-4H2,1-2H3. The molecule has 0 spiro atoms. The van der Waals surface area contributed by atoms with Gasteiger partial charge in [0.15, 0.2) is 4.96 Å². The van der Waals surface area contributed by atoms with Crippen LogP contribution in [0.3, 0.4) is 0 Å². The van der Waals surface area contributed by atoms with Gasteiger partial charge in [0.25, 0.3) is 5.91 Å². The Kier molecular flexibility index (Phi) is 3.94. The Balaban J connectivity index is 2.01. The molecular formula is C16H16FN3OS. The minimum atomic E-state index is -0.276. The molecule has 4 nitrogen and oxygen atoms in total. The maximum atomic E-state index is 13.0. The van der Waals surface area contributed by atoms with Crippen LogP contribution in [0.1, 0.15) is 24.3 Å². The molecule has 3 rings (SSSR count). The van der Waals surface area contributed by atoms with Crippen molar-refractivity contribution < 1.29 is 9.18 Å². The number of rotatable bonds is 4. The zero-order chi connectivity index (χ0) is 15.7. The van der Waals surface area contributed by atoms with Crippen molar-refractivity contribution in [2.45, 2.75) is 13.8 Å². The second kappa shape index (κ2) is 5.88. The monoisotopic (exact) mass is 317 g/mol. The van der Waals surface area contributed by atoms with E-state index in [4.69, 9.17) is 0 Å². The van der Waals surface area contributed by atoms with Crippen molar-refractivity contribution in [1.82, 2.24) is 14.3 Å². The Morgan fingerprint density at radius 2 is 1.95 bits per heavy atom. The first-order valence-electron chi connectivity index (χ1n) is 7.15. The Bertz CT molecular complexity index is 803. The molecule has 1 amide bonds. The van der Waals surface area contributed by atoms with Gasteiger partial charge in [-0.15, -0.1) is 11.3 Å². The van der Waals surface area contributed by atoms with Crippen LogP contribution in [0.2, 0.25) is 0 Å². The molecule has 6 heteroatoms. The van der Waals surface area contributed by atoms with E-state index in [1.807, 2.05) is 29.8 Å². The van der Waals surface area contributed by atoms with E-state index in [9.17, 15) is 9.18 Å². The Morgan fingerprint density at radius 3 is 2.59 bits per heavy atom. The van der Waals surface area contributed by atoms with Gasteiger partial charge in [-0.3, -0.25) is 9.20 Å². The fourth-order valence-electron chi connectivity index (χ4n) is 2.37. The van der Waals surface area contributed by atoms with Gasteiger partial charge in [-0.05, 0) is 38.1 Å². The van der Waals surface area contributed by atoms with Crippen LogP contribution in [-0.2, 0) is 0 Å². The van der Waals surface area contributed by atoms with Crippen LogP contribution in [-0.4, -0.2) is 33.3 Å². The summed E-state index contributed by atoms with van der Waals surface area (Å²) in [6.07, 6.45) is 1.83. The van der Waals surface area contributed by atoms with E-state index in [0.717, 1.165) is 16.2 Å². The average Bonchev–Trinajstić information content (AvgIpc) is 3.09. The number of carbonyl (C=O) groups excluding carboxylic acids is 1. The lowest BCUT2D eigenvalue weighted by atomic mass is 10.2. The molecule has 2 aromatic heterocycles. The zero-order valence-electron chi connectivity index (χ0n) is 12.4. The first kappa shape index (κ1) is 14.7. The lowest BCUT2D eigenvalue weighted by Crippen LogP contribution is -2.31. The summed E-state index contributed by atoms with van der Waals surface area (Å²) in [6.45, 7) is 5.27. The third-order valence-corrected chi connectivity index (χ3v) is 4.46. The highest BCUT2D eigenvalue weighted by molar-refractivity contribution is 7.15. The van der Waals surface area contributed by atoms with Crippen LogP contribution in [0.25, 0.3) is 16.2 Å². The molecule has 0 saturated heterocycles. The van der Waals surface area contributed by atoms with E-state index in [0.29, 0.717) is 18.8 Å². The van der Waals surface area contributed by atoms with Crippen molar-refractivity contribution in [2.24, 2.45) is 0 Å². The quantitative estimate of drug-likeness (QED) is 0.736. The minimum absolute atomic E-state index is 0.000642. The minimum Gasteiger partial charge on any atom is -0.338 e. The molecule has 22 heavy (non-hydrogen) atoms. The van der Waals surface area contributed by atoms with E-state index in [1.54, 1.807) is 17.0 Å². The number of hydrogen-bond acceptors (Lipinski definition) is 3. The van der Waals surface area contributed by atoms with E-state index >= 15 is 0 Å². The molecule has 0 radical (unpaired) electrons. The first-order valence-corrected chi connectivity index (χ1v) is 8.03. The number of aromatic nitrogens is 2. The van der Waals surface area contributed by atoms with Crippen LogP contribution < -0.4 is 0 Å². The number of imidazole rings is 1. The van der Waals surface area contributed by atoms with Crippen molar-refractivity contribution in [2.75, 3.05) is 13.1 Å². The maximum Gasteiger partial charge on any atom is 0.271 e. The topological polar surface area (TPSA) is 37.6 Å². The molecule has 0 fully saturated rings. The molecule has 0 saturated carbocycles. The second-order valence-corrected chi connectivity index (χ2v) is 5.72. The summed E-state index contributed by atoms with van der Waals surface area (Å²) in [4.78, 5) is 19.6. The highest BCUT2D eigenvalue weighted by Crippen LogP contribution is 2.24. The van der Waals surface area contributed by atoms with Gasteiger partial charge in [0.2, 0.25) is 0 Å². The highest BCUT2D eigenvalue weighted by Gasteiger charge is 2.18. The van der Waals surface area contributed by atoms with Gasteiger partial charge < -0.3 is 4.90 Å². The molecule has 0 aliphatic carbocycles. The van der Waals surface area contributed by atoms with Crippen LogP contribution in [0, 0.1) is 5.82 Å². The van der Waals surface area contributed by atoms with Crippen molar-refractivity contribution in [3.63, 3.8) is 0 Å². The largest absolute Gasteiger partial charge is 0.338 e. The lowest BCUT2D eigenvalue weighted by Gasteiger charge is -2.17. The predicted molar refractivity (Wildman–Crippen MR) is 85.7 cm³/mol. The lowest BCUT2D eigenvalue weighted by molar-refractivity contribution is 0.0766. The Hall–Kier alpha value is -2.21. The molecule has 1 aromatic carbocycles. The number of nitrogens with zero attached hydrogens (tertiary/aromatic N) is 3. The van der Waals surface area contributed by atoms with Crippen molar-refractivity contribution >= 4 is 22.2 Å². The summed E-state index contributed by atoms with van der Waals surface area (Å²) >= 11 is 1.43. The van der Waals surface area contributed by atoms with Crippen LogP contribution in [0.15, 0.2) is 35.8 Å². The molecule has 2 heterocycles. The van der Waals surface area contributed by atoms with Gasteiger partial charge in [-0.25, -0.2) is 9.37 Å². The van der Waals surface area contributed by atoms with Crippen LogP contribution in [0.5, 0.6) is 0 Å². The molecule has 0 aliphatic rings. The predicted octanol–water partition coefficient (Wildman–Crippen LogP) is 3.68. The van der Waals surface area contributed by atoms with Crippen molar-refractivity contribution in [1.29, 1.82) is 0 Å². The Labute approximate surface area is 131 Å². The summed E-state index contributed by atoms with van der Waals surface area (Å²) in [5.41, 5.74) is 2.18. The SMILES string of the molecule is CCN(CC)C(=O)c1csc2nc(-c3ccc(F)cc3)cn12. The van der Waals surface area contributed by atoms with E-state index in [-0.39, 0.29) is 11.7 Å². The summed E-state index contributed by atoms with van der Waals surface area (Å²) in [5.74, 6) is -0.276. The van der Waals surface area contributed by atoms with Gasteiger partial charge in [-0.1, -0.05) is 0 Å². The number of hydrogen-bond donors (Lipinski definition) is 0. The zero-order valence-corrected chi connectivity index (χ0v) is 13.2. The highest BCUT2D eigenvalue weighted by atomic mass is 32.1. The number of carbonyl (C=O) groups is 1. The molecular weight excluding hydrogens is 301 g/mol. The third-order valence-electron chi connectivity index (χ3n) is 3.62. The third kappa shape index (κ3) is 2.50. The van der Waals surface area contributed by atoms with Gasteiger partial charge in [0.1, 0.15) is 11.5 Å². The number of fused-ring (bicyclic) bond motifs is 1. The maximum absolute atomic E-state index is 13.0. The molecule has 0 atom stereocenters. The first-order chi connectivity index (χ1) is 10.6. The van der Waals surface area contributed by atoms with Gasteiger partial charge in [0, 0.05) is 30.2 Å². The summed E-state index contributed by atoms with van der Waals surface area (Å²) < 4.78 is 14.8. The van der Waals surface area contributed by atoms with E-state index in [1.165, 1.54) is 23.5 Å². The van der Waals surface area contributed by atoms with Crippen molar-refractivity contribution in [3.8, 4) is 11.3 Å². The summed E-state index contributed by atoms with van der Waals surface area (Å²) in [6, 6.07) is 6.19. The number of thiazole rings is 1. The summed E-state index contributed by atoms with van der Waals surface area (Å²) in [7, 11) is 0. The van der Waals surface area contributed by atoms with Crippen molar-refractivity contribution in [3.05, 3.63) is 47.4 Å². The Morgan fingerprint density at radius 1 is 1.27 bits per heavy atom. The molecule has 114 valence electrons. The van der Waals surface area contributed by atoms with Crippen LogP contribution in [0.4, 0.5) is 4.39 Å². The average molecular weight is 317 g/mol. The van der Waals surface area contributed by atoms with E-state index in [2.05, 4.69) is 4.98 Å². The van der Waals surface area contributed by atoms with E-state index < -0.39 is 0 Å². The molecule has 3 aromatic rings. The number of amides is 1. The fraction of sp³-hybridized carbons (Fsp3) is 0.250. The molecule has 0 unspecified atom stereocenters. The molecule has 0 bridgehead atoms. The molecule has 0 aliphatic heterocycles.